The third-order valence-electron chi connectivity index (χ3n) is 3.06. The van der Waals surface area contributed by atoms with Gasteiger partial charge in [0, 0.05) is 11.8 Å². The molecule has 0 fully saturated rings. The smallest absolute Gasteiger partial charge is 0.356 e. The molecule has 0 radical (unpaired) electrons. The first-order valence-corrected chi connectivity index (χ1v) is 6.73. The van der Waals surface area contributed by atoms with E-state index in [0.29, 0.717) is 17.1 Å². The fourth-order valence-corrected chi connectivity index (χ4v) is 1.97. The van der Waals surface area contributed by atoms with Gasteiger partial charge in [-0.1, -0.05) is 13.8 Å². The van der Waals surface area contributed by atoms with Crippen molar-refractivity contribution < 1.29 is 18.3 Å². The first-order valence-electron chi connectivity index (χ1n) is 6.73. The maximum atomic E-state index is 13.3. The van der Waals surface area contributed by atoms with Crippen LogP contribution in [0.4, 0.5) is 20.2 Å². The molecule has 4 nitrogen and oxygen atoms in total. The molecule has 0 aliphatic carbocycles. The zero-order chi connectivity index (χ0) is 16.3. The molecule has 2 aromatic rings. The van der Waals surface area contributed by atoms with Crippen molar-refractivity contribution in [3.8, 4) is 0 Å². The minimum Gasteiger partial charge on any atom is -0.464 e. The number of esters is 1. The molecule has 1 heterocycles. The van der Waals surface area contributed by atoms with E-state index in [1.807, 2.05) is 13.8 Å². The molecule has 1 N–H and O–H groups in total. The molecule has 0 amide bonds. The van der Waals surface area contributed by atoms with Crippen molar-refractivity contribution >= 4 is 17.3 Å². The second-order valence-corrected chi connectivity index (χ2v) is 5.03. The number of carbonyl (C=O) groups excluding carboxylic acids is 1. The van der Waals surface area contributed by atoms with Crippen LogP contribution in [0.2, 0.25) is 0 Å². The summed E-state index contributed by atoms with van der Waals surface area (Å²) >= 11 is 0. The van der Waals surface area contributed by atoms with Crippen LogP contribution in [0, 0.1) is 11.6 Å². The van der Waals surface area contributed by atoms with Gasteiger partial charge in [0.05, 0.1) is 18.5 Å². The molecule has 0 saturated heterocycles. The predicted octanol–water partition coefficient (Wildman–Crippen LogP) is 4.01. The molecule has 1 aromatic heterocycles. The van der Waals surface area contributed by atoms with Crippen molar-refractivity contribution in [3.63, 3.8) is 0 Å². The Morgan fingerprint density at radius 3 is 2.50 bits per heavy atom. The van der Waals surface area contributed by atoms with Crippen LogP contribution in [0.1, 0.15) is 35.9 Å². The van der Waals surface area contributed by atoms with Gasteiger partial charge >= 0.3 is 5.97 Å². The molecular weight excluding hydrogens is 290 g/mol. The van der Waals surface area contributed by atoms with E-state index in [9.17, 15) is 13.6 Å². The minimum absolute atomic E-state index is 0.0254. The van der Waals surface area contributed by atoms with Gasteiger partial charge < -0.3 is 10.1 Å². The fraction of sp³-hybridized carbons (Fsp3) is 0.250. The normalized spacial score (nSPS) is 10.6. The second kappa shape index (κ2) is 6.51. The Hall–Kier alpha value is -2.50. The lowest BCUT2D eigenvalue weighted by molar-refractivity contribution is 0.0593. The van der Waals surface area contributed by atoms with E-state index >= 15 is 0 Å². The van der Waals surface area contributed by atoms with Crippen LogP contribution in [-0.2, 0) is 4.74 Å². The maximum absolute atomic E-state index is 13.3. The first-order chi connectivity index (χ1) is 10.4. The van der Waals surface area contributed by atoms with Gasteiger partial charge in [0.2, 0.25) is 0 Å². The molecule has 1 aromatic carbocycles. The van der Waals surface area contributed by atoms with Crippen molar-refractivity contribution in [3.05, 3.63) is 53.4 Å². The average molecular weight is 306 g/mol. The number of carbonyl (C=O) groups is 1. The van der Waals surface area contributed by atoms with Crippen LogP contribution in [0.5, 0.6) is 0 Å². The molecular formula is C16H16F2N2O2. The number of halogens is 2. The van der Waals surface area contributed by atoms with Crippen LogP contribution in [0.3, 0.4) is 0 Å². The van der Waals surface area contributed by atoms with Gasteiger partial charge in [-0.05, 0) is 30.2 Å². The average Bonchev–Trinajstić information content (AvgIpc) is 2.50. The van der Waals surface area contributed by atoms with E-state index in [0.717, 1.165) is 12.1 Å². The Balaban J connectivity index is 2.37. The van der Waals surface area contributed by atoms with Crippen molar-refractivity contribution in [1.82, 2.24) is 4.98 Å². The third kappa shape index (κ3) is 3.39. The van der Waals surface area contributed by atoms with E-state index in [1.54, 1.807) is 6.07 Å². The molecule has 0 unspecified atom stereocenters. The summed E-state index contributed by atoms with van der Waals surface area (Å²) in [5.41, 5.74) is 1.84. The monoisotopic (exact) mass is 306 g/mol. The molecule has 0 atom stereocenters. The number of hydrogen-bond donors (Lipinski definition) is 1. The molecule has 0 aliphatic heterocycles. The van der Waals surface area contributed by atoms with Gasteiger partial charge in [-0.2, -0.15) is 0 Å². The molecule has 116 valence electrons. The van der Waals surface area contributed by atoms with E-state index in [4.69, 9.17) is 0 Å². The Kier molecular flexibility index (Phi) is 4.70. The van der Waals surface area contributed by atoms with Crippen LogP contribution < -0.4 is 5.32 Å². The summed E-state index contributed by atoms with van der Waals surface area (Å²) in [6.45, 7) is 3.83. The Morgan fingerprint density at radius 2 is 1.91 bits per heavy atom. The number of ether oxygens (including phenoxy) is 1. The summed E-state index contributed by atoms with van der Waals surface area (Å²) in [4.78, 5) is 15.8. The molecule has 2 rings (SSSR count). The van der Waals surface area contributed by atoms with E-state index in [2.05, 4.69) is 15.0 Å². The predicted molar refractivity (Wildman–Crippen MR) is 79.3 cm³/mol. The summed E-state index contributed by atoms with van der Waals surface area (Å²) in [6.07, 6.45) is 0. The van der Waals surface area contributed by atoms with Gasteiger partial charge in [-0.15, -0.1) is 0 Å². The zero-order valence-electron chi connectivity index (χ0n) is 12.5. The molecule has 0 bridgehead atoms. The van der Waals surface area contributed by atoms with Crippen molar-refractivity contribution in [2.24, 2.45) is 0 Å². The fourth-order valence-electron chi connectivity index (χ4n) is 1.97. The number of rotatable bonds is 4. The highest BCUT2D eigenvalue weighted by Gasteiger charge is 2.15. The largest absolute Gasteiger partial charge is 0.464 e. The van der Waals surface area contributed by atoms with Crippen molar-refractivity contribution in [2.45, 2.75) is 19.8 Å². The zero-order valence-corrected chi connectivity index (χ0v) is 12.5. The number of nitrogens with zero attached hydrogens (tertiary/aromatic N) is 1. The third-order valence-corrected chi connectivity index (χ3v) is 3.06. The summed E-state index contributed by atoms with van der Waals surface area (Å²) in [7, 11) is 1.28. The summed E-state index contributed by atoms with van der Waals surface area (Å²) in [6, 6.07) is 6.71. The SMILES string of the molecule is COC(=O)c1ccc(Nc2ccc(F)c(F)c2)c(C(C)C)n1. The van der Waals surface area contributed by atoms with Crippen LogP contribution in [-0.4, -0.2) is 18.1 Å². The molecule has 22 heavy (non-hydrogen) atoms. The second-order valence-electron chi connectivity index (χ2n) is 5.03. The highest BCUT2D eigenvalue weighted by molar-refractivity contribution is 5.87. The van der Waals surface area contributed by atoms with Crippen LogP contribution in [0.15, 0.2) is 30.3 Å². The molecule has 0 aliphatic rings. The highest BCUT2D eigenvalue weighted by Crippen LogP contribution is 2.26. The number of aromatic nitrogens is 1. The topological polar surface area (TPSA) is 51.2 Å². The molecule has 0 saturated carbocycles. The summed E-state index contributed by atoms with van der Waals surface area (Å²) < 4.78 is 30.9. The summed E-state index contributed by atoms with van der Waals surface area (Å²) in [5.74, 6) is -2.34. The Labute approximate surface area is 127 Å². The standard InChI is InChI=1S/C16H16F2N2O2/c1-9(2)15-13(6-7-14(20-15)16(21)22-3)19-10-4-5-11(17)12(18)8-10/h4-9,19H,1-3H3. The lowest BCUT2D eigenvalue weighted by Gasteiger charge is -2.15. The van der Waals surface area contributed by atoms with Crippen LogP contribution >= 0.6 is 0 Å². The Bertz CT molecular complexity index is 703. The van der Waals surface area contributed by atoms with Gasteiger partial charge in [0.1, 0.15) is 5.69 Å². The number of pyridine rings is 1. The number of benzene rings is 1. The van der Waals surface area contributed by atoms with Crippen molar-refractivity contribution in [2.75, 3.05) is 12.4 Å². The van der Waals surface area contributed by atoms with Gasteiger partial charge in [-0.3, -0.25) is 0 Å². The van der Waals surface area contributed by atoms with E-state index < -0.39 is 17.6 Å². The quantitative estimate of drug-likeness (QED) is 0.867. The van der Waals surface area contributed by atoms with Crippen LogP contribution in [0.25, 0.3) is 0 Å². The maximum Gasteiger partial charge on any atom is 0.356 e. The number of hydrogen-bond acceptors (Lipinski definition) is 4. The van der Waals surface area contributed by atoms with Crippen molar-refractivity contribution in [1.29, 1.82) is 0 Å². The number of anilines is 2. The molecule has 6 heteroatoms. The summed E-state index contributed by atoms with van der Waals surface area (Å²) in [5, 5.41) is 2.98. The minimum atomic E-state index is -0.935. The molecule has 0 spiro atoms. The van der Waals surface area contributed by atoms with Gasteiger partial charge in [-0.25, -0.2) is 18.6 Å². The number of nitrogens with one attached hydrogen (secondary N) is 1. The van der Waals surface area contributed by atoms with Gasteiger partial charge in [0.15, 0.2) is 11.6 Å². The lowest BCUT2D eigenvalue weighted by atomic mass is 10.1. The number of methoxy groups -OCH3 is 1. The highest BCUT2D eigenvalue weighted by atomic mass is 19.2. The van der Waals surface area contributed by atoms with E-state index in [1.165, 1.54) is 19.2 Å². The lowest BCUT2D eigenvalue weighted by Crippen LogP contribution is -2.09. The Morgan fingerprint density at radius 1 is 1.18 bits per heavy atom. The van der Waals surface area contributed by atoms with E-state index in [-0.39, 0.29) is 11.6 Å². The van der Waals surface area contributed by atoms with Gasteiger partial charge in [0.25, 0.3) is 0 Å². The first kappa shape index (κ1) is 15.9.